The largest absolute Gasteiger partial charge is 0.309 e. The van der Waals surface area contributed by atoms with Crippen LogP contribution in [0.4, 0.5) is 0 Å². The molecule has 2 atom stereocenters. The average molecular weight is 322 g/mol. The van der Waals surface area contributed by atoms with E-state index < -0.39 is 0 Å². The quantitative estimate of drug-likeness (QED) is 0.703. The van der Waals surface area contributed by atoms with E-state index in [1.165, 1.54) is 43.2 Å². The Morgan fingerprint density at radius 2 is 1.88 bits per heavy atom. The average Bonchev–Trinajstić information content (AvgIpc) is 3.05. The Labute approximate surface area is 147 Å². The first-order chi connectivity index (χ1) is 11.9. The molecule has 1 fully saturated rings. The summed E-state index contributed by atoms with van der Waals surface area (Å²) in [5, 5.41) is 3.89. The van der Waals surface area contributed by atoms with Gasteiger partial charge in [0.1, 0.15) is 0 Å². The maximum Gasteiger partial charge on any atom is 0.0348 e. The normalized spacial score (nSPS) is 22.4. The van der Waals surface area contributed by atoms with Crippen molar-refractivity contribution in [3.05, 3.63) is 71.8 Å². The molecule has 0 spiro atoms. The summed E-state index contributed by atoms with van der Waals surface area (Å²) in [5.74, 6) is 1.38. The molecule has 2 aliphatic rings. The van der Waals surface area contributed by atoms with Crippen molar-refractivity contribution in [2.24, 2.45) is 11.8 Å². The third-order valence-electron chi connectivity index (χ3n) is 5.51. The summed E-state index contributed by atoms with van der Waals surface area (Å²) in [6.45, 7) is 3.31. The fourth-order valence-corrected chi connectivity index (χ4v) is 4.01. The van der Waals surface area contributed by atoms with E-state index in [4.69, 9.17) is 0 Å². The van der Waals surface area contributed by atoms with Crippen LogP contribution in [0.3, 0.4) is 0 Å². The van der Waals surface area contributed by atoms with E-state index in [0.717, 1.165) is 18.9 Å². The van der Waals surface area contributed by atoms with Crippen LogP contribution in [0.2, 0.25) is 0 Å². The monoisotopic (exact) mass is 321 g/mol. The van der Waals surface area contributed by atoms with Crippen LogP contribution in [0.5, 0.6) is 0 Å². The number of benzene rings is 1. The summed E-state index contributed by atoms with van der Waals surface area (Å²) >= 11 is 0. The maximum atomic E-state index is 3.89. The van der Waals surface area contributed by atoms with E-state index in [0.29, 0.717) is 12.0 Å². The van der Waals surface area contributed by atoms with Gasteiger partial charge in [0.05, 0.1) is 0 Å². The molecule has 0 amide bonds. The Bertz CT molecular complexity index is 575. The number of hydrogen-bond acceptors (Lipinski definition) is 1. The van der Waals surface area contributed by atoms with Gasteiger partial charge in [-0.1, -0.05) is 80.5 Å². The van der Waals surface area contributed by atoms with Gasteiger partial charge in [0.25, 0.3) is 0 Å². The highest BCUT2D eigenvalue weighted by atomic mass is 14.9. The van der Waals surface area contributed by atoms with Crippen molar-refractivity contribution < 1.29 is 0 Å². The summed E-state index contributed by atoms with van der Waals surface area (Å²) in [7, 11) is 0. The Kier molecular flexibility index (Phi) is 6.48. The highest BCUT2D eigenvalue weighted by Gasteiger charge is 2.26. The van der Waals surface area contributed by atoms with Gasteiger partial charge in [-0.15, -0.1) is 0 Å². The highest BCUT2D eigenvalue weighted by Crippen LogP contribution is 2.32. The van der Waals surface area contributed by atoms with Gasteiger partial charge >= 0.3 is 0 Å². The standard InChI is InChI=1S/C23H31N/c1-2-19-11-8-14-22(16-15-19)23(21-12-6-7-13-21)24-18-17-20-9-4-3-5-10-20/h3-5,8-11,14-16,19,21,23-24H,2,6-7,12-13,17-18H2,1H3. The van der Waals surface area contributed by atoms with Gasteiger partial charge in [-0.05, 0) is 55.2 Å². The Hall–Kier alpha value is -1.60. The molecule has 24 heavy (non-hydrogen) atoms. The second kappa shape index (κ2) is 9.03. The third kappa shape index (κ3) is 4.70. The molecule has 0 saturated heterocycles. The zero-order valence-electron chi connectivity index (χ0n) is 15.0. The second-order valence-corrected chi connectivity index (χ2v) is 7.19. The van der Waals surface area contributed by atoms with Gasteiger partial charge in [0, 0.05) is 6.04 Å². The summed E-state index contributed by atoms with van der Waals surface area (Å²) in [4.78, 5) is 0. The van der Waals surface area contributed by atoms with Crippen LogP contribution in [0, 0.1) is 11.8 Å². The molecule has 0 heterocycles. The fraction of sp³-hybridized carbons (Fsp3) is 0.478. The van der Waals surface area contributed by atoms with Crippen molar-refractivity contribution in [2.45, 2.75) is 51.5 Å². The van der Waals surface area contributed by atoms with Crippen molar-refractivity contribution in [2.75, 3.05) is 6.54 Å². The van der Waals surface area contributed by atoms with Gasteiger partial charge in [-0.2, -0.15) is 0 Å². The van der Waals surface area contributed by atoms with Crippen LogP contribution in [0.1, 0.15) is 44.6 Å². The molecule has 1 N–H and O–H groups in total. The molecule has 128 valence electrons. The maximum absolute atomic E-state index is 3.89. The molecular formula is C23H31N. The smallest absolute Gasteiger partial charge is 0.0348 e. The Morgan fingerprint density at radius 3 is 2.62 bits per heavy atom. The zero-order valence-corrected chi connectivity index (χ0v) is 15.0. The number of nitrogens with one attached hydrogen (secondary N) is 1. The lowest BCUT2D eigenvalue weighted by molar-refractivity contribution is 0.405. The zero-order chi connectivity index (χ0) is 16.6. The topological polar surface area (TPSA) is 12.0 Å². The summed E-state index contributed by atoms with van der Waals surface area (Å²) in [5.41, 5.74) is 2.90. The third-order valence-corrected chi connectivity index (χ3v) is 5.51. The molecule has 1 aromatic carbocycles. The van der Waals surface area contributed by atoms with Gasteiger partial charge < -0.3 is 5.32 Å². The first kappa shape index (κ1) is 17.2. The molecule has 1 aromatic rings. The molecule has 2 unspecified atom stereocenters. The van der Waals surface area contributed by atoms with E-state index >= 15 is 0 Å². The summed E-state index contributed by atoms with van der Waals surface area (Å²) in [6.07, 6.45) is 19.5. The highest BCUT2D eigenvalue weighted by molar-refractivity contribution is 5.33. The Morgan fingerprint density at radius 1 is 1.08 bits per heavy atom. The summed E-state index contributed by atoms with van der Waals surface area (Å²) < 4.78 is 0. The van der Waals surface area contributed by atoms with Crippen LogP contribution < -0.4 is 5.32 Å². The van der Waals surface area contributed by atoms with E-state index in [-0.39, 0.29) is 0 Å². The van der Waals surface area contributed by atoms with Crippen LogP contribution in [-0.4, -0.2) is 12.6 Å². The van der Waals surface area contributed by atoms with Crippen LogP contribution in [-0.2, 0) is 6.42 Å². The molecule has 1 heteroatoms. The van der Waals surface area contributed by atoms with Crippen molar-refractivity contribution in [3.8, 4) is 0 Å². The molecule has 1 nitrogen and oxygen atoms in total. The fourth-order valence-electron chi connectivity index (χ4n) is 4.01. The molecule has 0 bridgehead atoms. The lowest BCUT2D eigenvalue weighted by Gasteiger charge is -2.26. The van der Waals surface area contributed by atoms with Crippen LogP contribution in [0.25, 0.3) is 0 Å². The van der Waals surface area contributed by atoms with Crippen molar-refractivity contribution in [3.63, 3.8) is 0 Å². The minimum absolute atomic E-state index is 0.507. The van der Waals surface area contributed by atoms with Crippen molar-refractivity contribution >= 4 is 0 Å². The minimum atomic E-state index is 0.507. The predicted octanol–water partition coefficient (Wildman–Crippen LogP) is 5.46. The molecular weight excluding hydrogens is 290 g/mol. The lowest BCUT2D eigenvalue weighted by atomic mass is 9.90. The first-order valence-electron chi connectivity index (χ1n) is 9.70. The van der Waals surface area contributed by atoms with Gasteiger partial charge in [-0.25, -0.2) is 0 Å². The second-order valence-electron chi connectivity index (χ2n) is 7.19. The van der Waals surface area contributed by atoms with Crippen LogP contribution >= 0.6 is 0 Å². The number of hydrogen-bond donors (Lipinski definition) is 1. The van der Waals surface area contributed by atoms with Gasteiger partial charge in [0.15, 0.2) is 0 Å². The van der Waals surface area contributed by atoms with Crippen molar-refractivity contribution in [1.82, 2.24) is 5.32 Å². The molecule has 1 saturated carbocycles. The number of rotatable bonds is 7. The molecule has 0 aromatic heterocycles. The lowest BCUT2D eigenvalue weighted by Crippen LogP contribution is -2.37. The van der Waals surface area contributed by atoms with Gasteiger partial charge in [-0.3, -0.25) is 0 Å². The van der Waals surface area contributed by atoms with Gasteiger partial charge in [0.2, 0.25) is 0 Å². The molecule has 0 radical (unpaired) electrons. The predicted molar refractivity (Wildman–Crippen MR) is 104 cm³/mol. The SMILES string of the molecule is CCC1C=CC=C(C(NCCc2ccccc2)C2CCCC2)C=C1. The molecule has 3 rings (SSSR count). The van der Waals surface area contributed by atoms with E-state index in [9.17, 15) is 0 Å². The van der Waals surface area contributed by atoms with E-state index in [1.54, 1.807) is 0 Å². The van der Waals surface area contributed by atoms with Crippen molar-refractivity contribution in [1.29, 1.82) is 0 Å². The van der Waals surface area contributed by atoms with E-state index in [2.05, 4.69) is 73.0 Å². The first-order valence-corrected chi connectivity index (χ1v) is 9.70. The van der Waals surface area contributed by atoms with E-state index in [1.807, 2.05) is 0 Å². The Balaban J connectivity index is 1.65. The summed E-state index contributed by atoms with van der Waals surface area (Å²) in [6, 6.07) is 11.3. The number of allylic oxidation sites excluding steroid dienone is 4. The molecule has 2 aliphatic carbocycles. The molecule has 0 aliphatic heterocycles. The van der Waals surface area contributed by atoms with Crippen LogP contribution in [0.15, 0.2) is 66.3 Å². The minimum Gasteiger partial charge on any atom is -0.309 e.